The zero-order valence-electron chi connectivity index (χ0n) is 21.9. The molecular weight excluding hydrogens is 507 g/mol. The second-order valence-electron chi connectivity index (χ2n) is 10.7. The number of nitriles is 1. The highest BCUT2D eigenvalue weighted by Gasteiger charge is 2.40. The van der Waals surface area contributed by atoms with Gasteiger partial charge in [0.1, 0.15) is 29.1 Å². The number of aryl methyl sites for hydroxylation is 1. The molecule has 2 fully saturated rings. The monoisotopic (exact) mass is 534 g/mol. The van der Waals surface area contributed by atoms with Crippen LogP contribution in [-0.4, -0.2) is 59.9 Å². The zero-order valence-corrected chi connectivity index (χ0v) is 21.9. The Labute approximate surface area is 230 Å². The van der Waals surface area contributed by atoms with Crippen LogP contribution in [0.15, 0.2) is 61.2 Å². The maximum Gasteiger partial charge on any atom is 0.138 e. The molecule has 1 aromatic carbocycles. The quantitative estimate of drug-likeness (QED) is 0.339. The van der Waals surface area contributed by atoms with E-state index in [1.807, 2.05) is 37.6 Å². The van der Waals surface area contributed by atoms with Crippen molar-refractivity contribution in [2.75, 3.05) is 18.0 Å². The Morgan fingerprint density at radius 3 is 2.58 bits per heavy atom. The van der Waals surface area contributed by atoms with Crippen molar-refractivity contribution in [2.24, 2.45) is 7.05 Å². The molecule has 200 valence electrons. The van der Waals surface area contributed by atoms with Crippen molar-refractivity contribution in [3.05, 3.63) is 78.1 Å². The molecule has 4 aromatic heterocycles. The van der Waals surface area contributed by atoms with Crippen LogP contribution in [-0.2, 0) is 13.6 Å². The van der Waals surface area contributed by atoms with Crippen LogP contribution in [0.1, 0.15) is 24.0 Å². The number of piperazine rings is 1. The summed E-state index contributed by atoms with van der Waals surface area (Å²) < 4.78 is 15.5. The summed E-state index contributed by atoms with van der Waals surface area (Å²) in [4.78, 5) is 17.4. The topological polar surface area (TPSA) is 110 Å². The van der Waals surface area contributed by atoms with Gasteiger partial charge in [-0.15, -0.1) is 0 Å². The van der Waals surface area contributed by atoms with Crippen molar-refractivity contribution >= 4 is 16.9 Å². The smallest absolute Gasteiger partial charge is 0.138 e. The number of hydrogen-bond donors (Lipinski definition) is 2. The number of fused-ring (bicyclic) bond motifs is 3. The van der Waals surface area contributed by atoms with E-state index in [0.717, 1.165) is 59.5 Å². The highest BCUT2D eigenvalue weighted by Crippen LogP contribution is 2.37. The Bertz CT molecular complexity index is 1760. The number of aromatic amines is 1. The largest absolute Gasteiger partial charge is 0.508 e. The van der Waals surface area contributed by atoms with Gasteiger partial charge in [-0.3, -0.25) is 9.58 Å². The highest BCUT2D eigenvalue weighted by molar-refractivity contribution is 5.98. The van der Waals surface area contributed by atoms with E-state index in [1.54, 1.807) is 17.1 Å². The number of aromatic nitrogens is 5. The summed E-state index contributed by atoms with van der Waals surface area (Å²) in [5.74, 6) is 0.710. The number of hydrogen-bond acceptors (Lipinski definition) is 7. The van der Waals surface area contributed by atoms with Gasteiger partial charge in [-0.1, -0.05) is 0 Å². The number of H-pyrrole nitrogens is 1. The lowest BCUT2D eigenvalue weighted by molar-refractivity contribution is 0.209. The molecule has 2 bridgehead atoms. The Balaban J connectivity index is 1.16. The number of aromatic hydroxyl groups is 1. The van der Waals surface area contributed by atoms with Gasteiger partial charge in [0.15, 0.2) is 0 Å². The lowest BCUT2D eigenvalue weighted by atomic mass is 10.00. The average molecular weight is 535 g/mol. The molecule has 6 heterocycles. The second-order valence-corrected chi connectivity index (χ2v) is 10.7. The van der Waals surface area contributed by atoms with E-state index in [0.29, 0.717) is 35.4 Å². The fraction of sp³-hybridized carbons (Fsp3) is 0.267. The molecule has 2 unspecified atom stereocenters. The molecule has 0 aliphatic carbocycles. The van der Waals surface area contributed by atoms with E-state index in [9.17, 15) is 14.8 Å². The maximum absolute atomic E-state index is 13.7. The standard InChI is InChI=1S/C30H27FN8O/c1-37-14-21(13-35-37)26-9-25-29(20(10-32)12-34-30(25)36-26)18-2-7-28(33-11-18)39-23-4-5-24(39)17-38(16-23)15-19-8-22(31)3-6-27(19)40/h2-3,6-9,11-14,23-24,40H,4-5,15-17H2,1H3,(H,34,36). The molecular formula is C30H27FN8O. The van der Waals surface area contributed by atoms with E-state index >= 15 is 0 Å². The Kier molecular flexibility index (Phi) is 5.75. The number of phenols is 1. The molecule has 5 aromatic rings. The van der Waals surface area contributed by atoms with Crippen LogP contribution in [0.4, 0.5) is 10.2 Å². The van der Waals surface area contributed by atoms with E-state index in [1.165, 1.54) is 18.2 Å². The number of rotatable bonds is 5. The van der Waals surface area contributed by atoms with E-state index in [-0.39, 0.29) is 11.6 Å². The Morgan fingerprint density at radius 1 is 1.05 bits per heavy atom. The van der Waals surface area contributed by atoms with Crippen LogP contribution in [0.5, 0.6) is 5.75 Å². The number of nitrogens with one attached hydrogen (secondary N) is 1. The summed E-state index contributed by atoms with van der Waals surface area (Å²) in [6, 6.07) is 13.1. The predicted octanol–water partition coefficient (Wildman–Crippen LogP) is 4.59. The molecule has 40 heavy (non-hydrogen) atoms. The third-order valence-electron chi connectivity index (χ3n) is 8.09. The van der Waals surface area contributed by atoms with Gasteiger partial charge < -0.3 is 15.0 Å². The third-order valence-corrected chi connectivity index (χ3v) is 8.09. The molecule has 10 heteroatoms. The van der Waals surface area contributed by atoms with Gasteiger partial charge in [0, 0.05) is 85.0 Å². The van der Waals surface area contributed by atoms with Crippen molar-refractivity contribution in [2.45, 2.75) is 31.5 Å². The zero-order chi connectivity index (χ0) is 27.4. The van der Waals surface area contributed by atoms with Gasteiger partial charge in [-0.2, -0.15) is 10.4 Å². The Morgan fingerprint density at radius 2 is 1.88 bits per heavy atom. The van der Waals surface area contributed by atoms with Crippen molar-refractivity contribution in [1.29, 1.82) is 5.26 Å². The predicted molar refractivity (Wildman–Crippen MR) is 149 cm³/mol. The average Bonchev–Trinajstić information content (AvgIpc) is 3.65. The number of likely N-dealkylation sites (tertiary alicyclic amines) is 1. The molecule has 0 radical (unpaired) electrons. The van der Waals surface area contributed by atoms with Crippen molar-refractivity contribution in [3.8, 4) is 34.2 Å². The van der Waals surface area contributed by atoms with Crippen molar-refractivity contribution < 1.29 is 9.50 Å². The normalized spacial score (nSPS) is 18.9. The summed E-state index contributed by atoms with van der Waals surface area (Å²) >= 11 is 0. The molecule has 9 nitrogen and oxygen atoms in total. The highest BCUT2D eigenvalue weighted by atomic mass is 19.1. The minimum absolute atomic E-state index is 0.130. The summed E-state index contributed by atoms with van der Waals surface area (Å²) in [5, 5.41) is 25.2. The number of anilines is 1. The molecule has 0 amide bonds. The molecule has 2 atom stereocenters. The molecule has 2 N–H and O–H groups in total. The first-order valence-electron chi connectivity index (χ1n) is 13.3. The van der Waals surface area contributed by atoms with Gasteiger partial charge >= 0.3 is 0 Å². The van der Waals surface area contributed by atoms with Gasteiger partial charge in [0.25, 0.3) is 0 Å². The van der Waals surface area contributed by atoms with E-state index in [2.05, 4.69) is 30.9 Å². The first kappa shape index (κ1) is 24.3. The van der Waals surface area contributed by atoms with Crippen molar-refractivity contribution in [1.82, 2.24) is 29.6 Å². The number of halogens is 1. The summed E-state index contributed by atoms with van der Waals surface area (Å²) in [7, 11) is 1.87. The van der Waals surface area contributed by atoms with E-state index < -0.39 is 0 Å². The lowest BCUT2D eigenvalue weighted by Crippen LogP contribution is -2.53. The van der Waals surface area contributed by atoms with Crippen LogP contribution in [0.3, 0.4) is 0 Å². The summed E-state index contributed by atoms with van der Waals surface area (Å²) in [6.07, 6.45) is 9.29. The van der Waals surface area contributed by atoms with Crippen molar-refractivity contribution in [3.63, 3.8) is 0 Å². The van der Waals surface area contributed by atoms with E-state index in [4.69, 9.17) is 4.98 Å². The molecule has 7 rings (SSSR count). The number of pyridine rings is 2. The maximum atomic E-state index is 13.7. The molecule has 0 saturated carbocycles. The van der Waals surface area contributed by atoms with Crippen LogP contribution >= 0.6 is 0 Å². The fourth-order valence-electron chi connectivity index (χ4n) is 6.29. The molecule has 2 aliphatic rings. The number of phenolic OH excluding ortho intramolecular Hbond substituents is 1. The molecule has 0 spiro atoms. The van der Waals surface area contributed by atoms with Gasteiger partial charge in [0.2, 0.25) is 0 Å². The van der Waals surface area contributed by atoms with Gasteiger partial charge in [-0.05, 0) is 49.2 Å². The second kappa shape index (κ2) is 9.47. The number of nitrogens with zero attached hydrogens (tertiary/aromatic N) is 7. The van der Waals surface area contributed by atoms with Crippen LogP contribution in [0.25, 0.3) is 33.4 Å². The van der Waals surface area contributed by atoms with Crippen LogP contribution < -0.4 is 4.90 Å². The first-order valence-corrected chi connectivity index (χ1v) is 13.3. The van der Waals surface area contributed by atoms with Gasteiger partial charge in [0.05, 0.1) is 17.5 Å². The van der Waals surface area contributed by atoms with Crippen LogP contribution in [0, 0.1) is 17.1 Å². The molecule has 2 saturated heterocycles. The molecule has 2 aliphatic heterocycles. The SMILES string of the molecule is Cn1cc(-c2cc3c(-c4ccc(N5C6CCC5CN(Cc5cc(F)ccc5O)C6)nc4)c(C#N)cnc3[nH]2)cn1. The number of benzene rings is 1. The summed E-state index contributed by atoms with van der Waals surface area (Å²) in [5.41, 5.74) is 5.31. The third kappa shape index (κ3) is 4.15. The fourth-order valence-corrected chi connectivity index (χ4v) is 6.29. The first-order chi connectivity index (χ1) is 19.5. The lowest BCUT2D eigenvalue weighted by Gasteiger charge is -2.42. The van der Waals surface area contributed by atoms with Crippen LogP contribution in [0.2, 0.25) is 0 Å². The minimum Gasteiger partial charge on any atom is -0.508 e. The Hall–Kier alpha value is -4.75. The minimum atomic E-state index is -0.335. The van der Waals surface area contributed by atoms with Gasteiger partial charge in [-0.25, -0.2) is 14.4 Å². The summed E-state index contributed by atoms with van der Waals surface area (Å²) in [6.45, 7) is 2.16.